The van der Waals surface area contributed by atoms with E-state index in [0.29, 0.717) is 21.3 Å². The standard InChI is InChI=1S/C25H18Cl2N4O2/c1-13(32)31-25(18-6-3-7-19(26)23(18)27)33-24(30-31)21-12-20(28-29-21)16-11-10-15-9-8-14-4-2-5-17(16)22(14)15/h2-7,10-12,25H,8-9H2,1H3,(H,28,29). The fourth-order valence-corrected chi connectivity index (χ4v) is 5.03. The zero-order chi connectivity index (χ0) is 22.7. The van der Waals surface area contributed by atoms with E-state index >= 15 is 0 Å². The lowest BCUT2D eigenvalue weighted by Crippen LogP contribution is -2.25. The van der Waals surface area contributed by atoms with Crippen molar-refractivity contribution < 1.29 is 9.53 Å². The van der Waals surface area contributed by atoms with E-state index < -0.39 is 6.23 Å². The van der Waals surface area contributed by atoms with Crippen LogP contribution in [0.4, 0.5) is 0 Å². The molecule has 6 rings (SSSR count). The topological polar surface area (TPSA) is 70.6 Å². The van der Waals surface area contributed by atoms with Crippen molar-refractivity contribution in [1.82, 2.24) is 15.2 Å². The first kappa shape index (κ1) is 20.3. The number of aryl methyl sites for hydroxylation is 2. The Morgan fingerprint density at radius 2 is 1.88 bits per heavy atom. The second-order valence-corrected chi connectivity index (χ2v) is 8.95. The maximum absolute atomic E-state index is 12.3. The number of ether oxygens (including phenoxy) is 1. The van der Waals surface area contributed by atoms with Crippen LogP contribution < -0.4 is 0 Å². The quantitative estimate of drug-likeness (QED) is 0.401. The molecule has 164 valence electrons. The van der Waals surface area contributed by atoms with Gasteiger partial charge in [-0.3, -0.25) is 9.89 Å². The number of carbonyl (C=O) groups excluding carboxylic acids is 1. The van der Waals surface area contributed by atoms with Gasteiger partial charge in [0.05, 0.1) is 15.7 Å². The summed E-state index contributed by atoms with van der Waals surface area (Å²) in [7, 11) is 0. The number of benzene rings is 3. The Hall–Kier alpha value is -3.35. The summed E-state index contributed by atoms with van der Waals surface area (Å²) in [5.41, 5.74) is 5.70. The second-order valence-electron chi connectivity index (χ2n) is 8.16. The number of nitrogens with one attached hydrogen (secondary N) is 1. The minimum Gasteiger partial charge on any atom is -0.445 e. The fourth-order valence-electron chi connectivity index (χ4n) is 4.63. The van der Waals surface area contributed by atoms with E-state index in [1.54, 1.807) is 18.2 Å². The van der Waals surface area contributed by atoms with Crippen LogP contribution in [-0.4, -0.2) is 27.0 Å². The van der Waals surface area contributed by atoms with Crippen LogP contribution in [0, 0.1) is 0 Å². The second kappa shape index (κ2) is 7.61. The van der Waals surface area contributed by atoms with Gasteiger partial charge in [0.25, 0.3) is 5.90 Å². The van der Waals surface area contributed by atoms with E-state index in [0.717, 1.165) is 24.1 Å². The Balaban J connectivity index is 1.38. The molecule has 1 aliphatic heterocycles. The lowest BCUT2D eigenvalue weighted by atomic mass is 9.98. The molecule has 4 aromatic rings. The highest BCUT2D eigenvalue weighted by Crippen LogP contribution is 2.39. The van der Waals surface area contributed by atoms with Crippen LogP contribution in [0.5, 0.6) is 0 Å². The third-order valence-corrected chi connectivity index (χ3v) is 7.01. The number of hydrogen-bond donors (Lipinski definition) is 1. The van der Waals surface area contributed by atoms with Crippen LogP contribution in [0.25, 0.3) is 22.0 Å². The Labute approximate surface area is 199 Å². The first-order valence-corrected chi connectivity index (χ1v) is 11.4. The van der Waals surface area contributed by atoms with Crippen molar-refractivity contribution in [3.05, 3.63) is 87.0 Å². The van der Waals surface area contributed by atoms with E-state index in [1.165, 1.54) is 33.8 Å². The van der Waals surface area contributed by atoms with Gasteiger partial charge in [-0.2, -0.15) is 10.1 Å². The predicted molar refractivity (Wildman–Crippen MR) is 128 cm³/mol. The van der Waals surface area contributed by atoms with Gasteiger partial charge in [-0.25, -0.2) is 0 Å². The first-order valence-electron chi connectivity index (χ1n) is 10.6. The van der Waals surface area contributed by atoms with Gasteiger partial charge in [0.1, 0.15) is 5.69 Å². The maximum atomic E-state index is 12.3. The number of amides is 1. The van der Waals surface area contributed by atoms with Gasteiger partial charge in [-0.1, -0.05) is 65.7 Å². The summed E-state index contributed by atoms with van der Waals surface area (Å²) < 4.78 is 6.07. The van der Waals surface area contributed by atoms with Crippen molar-refractivity contribution in [3.63, 3.8) is 0 Å². The summed E-state index contributed by atoms with van der Waals surface area (Å²) in [5, 5.41) is 16.4. The number of H-pyrrole nitrogens is 1. The number of rotatable bonds is 3. The normalized spacial score (nSPS) is 16.9. The average Bonchev–Trinajstić information content (AvgIpc) is 3.55. The van der Waals surface area contributed by atoms with Crippen molar-refractivity contribution in [1.29, 1.82) is 0 Å². The van der Waals surface area contributed by atoms with Crippen molar-refractivity contribution >= 4 is 45.8 Å². The summed E-state index contributed by atoms with van der Waals surface area (Å²) in [6, 6.07) is 17.8. The van der Waals surface area contributed by atoms with Crippen molar-refractivity contribution in [2.75, 3.05) is 0 Å². The third-order valence-electron chi connectivity index (χ3n) is 6.18. The summed E-state index contributed by atoms with van der Waals surface area (Å²) in [6.45, 7) is 1.42. The zero-order valence-electron chi connectivity index (χ0n) is 17.6. The van der Waals surface area contributed by atoms with E-state index in [-0.39, 0.29) is 11.8 Å². The molecular formula is C25H18Cl2N4O2. The minimum atomic E-state index is -0.813. The molecular weight excluding hydrogens is 459 g/mol. The van der Waals surface area contributed by atoms with E-state index in [4.69, 9.17) is 27.9 Å². The molecule has 1 aromatic heterocycles. The molecule has 1 N–H and O–H groups in total. The van der Waals surface area contributed by atoms with Crippen molar-refractivity contribution in [2.45, 2.75) is 26.0 Å². The molecule has 1 aliphatic carbocycles. The molecule has 8 heteroatoms. The molecule has 0 bridgehead atoms. The van der Waals surface area contributed by atoms with Crippen LogP contribution >= 0.6 is 23.2 Å². The third kappa shape index (κ3) is 3.21. The SMILES string of the molecule is CC(=O)N1N=C(c2cc(-c3ccc4c5c(cccc35)CC4)n[nH]2)OC1c1cccc(Cl)c1Cl. The summed E-state index contributed by atoms with van der Waals surface area (Å²) in [6.07, 6.45) is 1.33. The molecule has 1 atom stereocenters. The largest absolute Gasteiger partial charge is 0.445 e. The first-order chi connectivity index (χ1) is 16.0. The lowest BCUT2D eigenvalue weighted by molar-refractivity contribution is -0.135. The molecule has 1 unspecified atom stereocenters. The Kier molecular flexibility index (Phi) is 4.67. The van der Waals surface area contributed by atoms with Gasteiger partial charge < -0.3 is 4.74 Å². The number of aromatic nitrogens is 2. The molecule has 6 nitrogen and oxygen atoms in total. The molecule has 2 heterocycles. The van der Waals surface area contributed by atoms with Gasteiger partial charge in [-0.15, -0.1) is 5.10 Å². The molecule has 0 radical (unpaired) electrons. The number of aromatic amines is 1. The smallest absolute Gasteiger partial charge is 0.259 e. The molecule has 3 aromatic carbocycles. The highest BCUT2D eigenvalue weighted by molar-refractivity contribution is 6.42. The van der Waals surface area contributed by atoms with Crippen LogP contribution in [0.15, 0.2) is 59.7 Å². The molecule has 0 fully saturated rings. The summed E-state index contributed by atoms with van der Waals surface area (Å²) in [4.78, 5) is 12.3. The number of hydrogen-bond acceptors (Lipinski definition) is 4. The molecule has 0 saturated heterocycles. The number of halogens is 2. The van der Waals surface area contributed by atoms with Crippen LogP contribution in [0.2, 0.25) is 10.0 Å². The van der Waals surface area contributed by atoms with Gasteiger partial charge >= 0.3 is 0 Å². The average molecular weight is 477 g/mol. The molecule has 0 saturated carbocycles. The van der Waals surface area contributed by atoms with Crippen LogP contribution in [0.3, 0.4) is 0 Å². The summed E-state index contributed by atoms with van der Waals surface area (Å²) >= 11 is 12.6. The van der Waals surface area contributed by atoms with E-state index in [1.807, 2.05) is 6.07 Å². The minimum absolute atomic E-state index is 0.260. The predicted octanol–water partition coefficient (Wildman–Crippen LogP) is 5.87. The molecule has 1 amide bonds. The monoisotopic (exact) mass is 476 g/mol. The highest BCUT2D eigenvalue weighted by atomic mass is 35.5. The molecule has 2 aliphatic rings. The number of nitrogens with zero attached hydrogens (tertiary/aromatic N) is 3. The van der Waals surface area contributed by atoms with Crippen LogP contribution in [-0.2, 0) is 22.4 Å². The maximum Gasteiger partial charge on any atom is 0.259 e. The van der Waals surface area contributed by atoms with E-state index in [2.05, 4.69) is 45.6 Å². The van der Waals surface area contributed by atoms with Crippen molar-refractivity contribution in [2.24, 2.45) is 5.10 Å². The Bertz CT molecular complexity index is 1470. The fraction of sp³-hybridized carbons (Fsp3) is 0.160. The van der Waals surface area contributed by atoms with Gasteiger partial charge in [0.15, 0.2) is 0 Å². The highest BCUT2D eigenvalue weighted by Gasteiger charge is 2.35. The molecule has 0 spiro atoms. The van der Waals surface area contributed by atoms with E-state index in [9.17, 15) is 4.79 Å². The van der Waals surface area contributed by atoms with Gasteiger partial charge in [0.2, 0.25) is 12.1 Å². The van der Waals surface area contributed by atoms with Crippen LogP contribution in [0.1, 0.15) is 35.5 Å². The molecule has 33 heavy (non-hydrogen) atoms. The summed E-state index contributed by atoms with van der Waals surface area (Å²) in [5.74, 6) is -0.0193. The zero-order valence-corrected chi connectivity index (χ0v) is 19.1. The Morgan fingerprint density at radius 1 is 1.09 bits per heavy atom. The van der Waals surface area contributed by atoms with Gasteiger partial charge in [-0.05, 0) is 46.9 Å². The number of hydrazone groups is 1. The Morgan fingerprint density at radius 3 is 2.70 bits per heavy atom. The van der Waals surface area contributed by atoms with Crippen molar-refractivity contribution in [3.8, 4) is 11.3 Å². The number of carbonyl (C=O) groups is 1. The lowest BCUT2D eigenvalue weighted by Gasteiger charge is -2.20. The van der Waals surface area contributed by atoms with Gasteiger partial charge in [0, 0.05) is 18.1 Å².